The topological polar surface area (TPSA) is 71.1 Å². The van der Waals surface area contributed by atoms with Crippen molar-refractivity contribution in [2.75, 3.05) is 13.1 Å². The molecule has 0 fully saturated rings. The number of benzene rings is 1. The number of rotatable bonds is 6. The highest BCUT2D eigenvalue weighted by Crippen LogP contribution is 2.04. The first-order chi connectivity index (χ1) is 11.1. The second kappa shape index (κ2) is 8.43. The second-order valence-corrected chi connectivity index (χ2v) is 4.67. The van der Waals surface area contributed by atoms with Gasteiger partial charge in [-0.25, -0.2) is 4.39 Å². The van der Waals surface area contributed by atoms with Gasteiger partial charge in [-0.2, -0.15) is 0 Å². The minimum Gasteiger partial charge on any atom is -0.351 e. The van der Waals surface area contributed by atoms with Crippen molar-refractivity contribution in [3.8, 4) is 0 Å². The molecule has 0 aliphatic heterocycles. The van der Waals surface area contributed by atoms with Crippen LogP contribution in [0.3, 0.4) is 0 Å². The molecule has 2 aromatic rings. The van der Waals surface area contributed by atoms with Crippen LogP contribution in [0.2, 0.25) is 0 Å². The first-order valence-corrected chi connectivity index (χ1v) is 7.05. The fraction of sp³-hybridized carbons (Fsp3) is 0.118. The van der Waals surface area contributed by atoms with Crippen molar-refractivity contribution in [2.45, 2.75) is 0 Å². The van der Waals surface area contributed by atoms with E-state index >= 15 is 0 Å². The molecule has 0 aliphatic rings. The summed E-state index contributed by atoms with van der Waals surface area (Å²) in [6, 6.07) is 9.14. The average molecular weight is 313 g/mol. The van der Waals surface area contributed by atoms with E-state index in [1.165, 1.54) is 24.4 Å². The van der Waals surface area contributed by atoms with E-state index in [2.05, 4.69) is 15.6 Å². The van der Waals surface area contributed by atoms with E-state index in [0.717, 1.165) is 5.56 Å². The molecular formula is C17H16FN3O2. The van der Waals surface area contributed by atoms with Crippen LogP contribution in [-0.2, 0) is 4.79 Å². The van der Waals surface area contributed by atoms with E-state index in [4.69, 9.17) is 0 Å². The molecule has 0 radical (unpaired) electrons. The number of hydrogen-bond donors (Lipinski definition) is 2. The summed E-state index contributed by atoms with van der Waals surface area (Å²) in [5, 5.41) is 5.32. The molecule has 0 bridgehead atoms. The van der Waals surface area contributed by atoms with Crippen LogP contribution in [0.4, 0.5) is 4.39 Å². The first kappa shape index (κ1) is 16.4. The lowest BCUT2D eigenvalue weighted by atomic mass is 10.2. The Morgan fingerprint density at radius 2 is 1.83 bits per heavy atom. The molecule has 1 heterocycles. The van der Waals surface area contributed by atoms with Crippen molar-refractivity contribution in [3.05, 3.63) is 71.8 Å². The van der Waals surface area contributed by atoms with Crippen LogP contribution in [0.25, 0.3) is 6.08 Å². The zero-order valence-electron chi connectivity index (χ0n) is 12.3. The Morgan fingerprint density at radius 3 is 2.52 bits per heavy atom. The summed E-state index contributed by atoms with van der Waals surface area (Å²) in [4.78, 5) is 27.2. The predicted molar refractivity (Wildman–Crippen MR) is 85.0 cm³/mol. The van der Waals surface area contributed by atoms with Crippen molar-refractivity contribution in [3.63, 3.8) is 0 Å². The highest BCUT2D eigenvalue weighted by Gasteiger charge is 2.03. The molecule has 23 heavy (non-hydrogen) atoms. The Kier molecular flexibility index (Phi) is 5.99. The molecule has 5 nitrogen and oxygen atoms in total. The summed E-state index contributed by atoms with van der Waals surface area (Å²) in [6.07, 6.45) is 6.00. The molecule has 0 atom stereocenters. The SMILES string of the molecule is O=C(/C=C/c1ccc(F)cc1)NCCNC(=O)c1cccnc1. The molecule has 0 saturated heterocycles. The molecule has 2 rings (SSSR count). The molecular weight excluding hydrogens is 297 g/mol. The van der Waals surface area contributed by atoms with Gasteiger partial charge >= 0.3 is 0 Å². The van der Waals surface area contributed by atoms with Gasteiger partial charge in [-0.1, -0.05) is 12.1 Å². The van der Waals surface area contributed by atoms with Gasteiger partial charge in [0, 0.05) is 31.6 Å². The zero-order chi connectivity index (χ0) is 16.5. The third kappa shape index (κ3) is 5.70. The Bertz CT molecular complexity index is 685. The quantitative estimate of drug-likeness (QED) is 0.631. The third-order valence-corrected chi connectivity index (χ3v) is 2.93. The summed E-state index contributed by atoms with van der Waals surface area (Å²) in [5.74, 6) is -0.852. The van der Waals surface area contributed by atoms with E-state index in [1.54, 1.807) is 36.5 Å². The maximum absolute atomic E-state index is 12.7. The Morgan fingerprint density at radius 1 is 1.09 bits per heavy atom. The van der Waals surface area contributed by atoms with Crippen LogP contribution in [0.5, 0.6) is 0 Å². The van der Waals surface area contributed by atoms with Gasteiger partial charge in [0.2, 0.25) is 5.91 Å². The first-order valence-electron chi connectivity index (χ1n) is 7.05. The van der Waals surface area contributed by atoms with Crippen molar-refractivity contribution >= 4 is 17.9 Å². The summed E-state index contributed by atoms with van der Waals surface area (Å²) in [5.41, 5.74) is 1.20. The maximum atomic E-state index is 12.7. The Labute approximate surface area is 133 Å². The van der Waals surface area contributed by atoms with Crippen LogP contribution in [0.1, 0.15) is 15.9 Å². The van der Waals surface area contributed by atoms with E-state index in [9.17, 15) is 14.0 Å². The van der Waals surface area contributed by atoms with Crippen molar-refractivity contribution in [1.29, 1.82) is 0 Å². The average Bonchev–Trinajstić information content (AvgIpc) is 2.59. The molecule has 2 amide bonds. The van der Waals surface area contributed by atoms with Crippen molar-refractivity contribution in [2.24, 2.45) is 0 Å². The van der Waals surface area contributed by atoms with Gasteiger partial charge in [0.1, 0.15) is 5.82 Å². The minimum absolute atomic E-state index is 0.241. The van der Waals surface area contributed by atoms with Crippen molar-refractivity contribution in [1.82, 2.24) is 15.6 Å². The third-order valence-electron chi connectivity index (χ3n) is 2.93. The number of nitrogens with one attached hydrogen (secondary N) is 2. The van der Waals surface area contributed by atoms with E-state index in [1.807, 2.05) is 0 Å². The zero-order valence-corrected chi connectivity index (χ0v) is 12.3. The van der Waals surface area contributed by atoms with Gasteiger partial charge in [-0.3, -0.25) is 14.6 Å². The summed E-state index contributed by atoms with van der Waals surface area (Å²) >= 11 is 0. The number of hydrogen-bond acceptors (Lipinski definition) is 3. The van der Waals surface area contributed by atoms with Crippen LogP contribution in [0.15, 0.2) is 54.9 Å². The largest absolute Gasteiger partial charge is 0.351 e. The molecule has 2 N–H and O–H groups in total. The fourth-order valence-electron chi connectivity index (χ4n) is 1.77. The van der Waals surface area contributed by atoms with Gasteiger partial charge in [-0.05, 0) is 35.9 Å². The monoisotopic (exact) mass is 313 g/mol. The molecule has 118 valence electrons. The van der Waals surface area contributed by atoms with E-state index in [-0.39, 0.29) is 17.6 Å². The molecule has 0 unspecified atom stereocenters. The highest BCUT2D eigenvalue weighted by molar-refractivity contribution is 5.94. The normalized spacial score (nSPS) is 10.5. The number of pyridine rings is 1. The second-order valence-electron chi connectivity index (χ2n) is 4.67. The predicted octanol–water partition coefficient (Wildman–Crippen LogP) is 1.78. The summed E-state index contributed by atoms with van der Waals surface area (Å²) in [6.45, 7) is 0.614. The van der Waals surface area contributed by atoms with E-state index in [0.29, 0.717) is 18.7 Å². The number of amides is 2. The van der Waals surface area contributed by atoms with Crippen LogP contribution < -0.4 is 10.6 Å². The number of carbonyl (C=O) groups is 2. The van der Waals surface area contributed by atoms with Gasteiger partial charge in [0.15, 0.2) is 0 Å². The lowest BCUT2D eigenvalue weighted by Crippen LogP contribution is -2.34. The summed E-state index contributed by atoms with van der Waals surface area (Å²) < 4.78 is 12.7. The molecule has 0 aliphatic carbocycles. The van der Waals surface area contributed by atoms with Crippen LogP contribution in [-0.4, -0.2) is 29.9 Å². The lowest BCUT2D eigenvalue weighted by molar-refractivity contribution is -0.116. The Hall–Kier alpha value is -3.02. The number of aromatic nitrogens is 1. The van der Waals surface area contributed by atoms with Crippen molar-refractivity contribution < 1.29 is 14.0 Å². The fourth-order valence-corrected chi connectivity index (χ4v) is 1.77. The highest BCUT2D eigenvalue weighted by atomic mass is 19.1. The van der Waals surface area contributed by atoms with E-state index < -0.39 is 0 Å². The molecule has 0 spiro atoms. The number of nitrogens with zero attached hydrogens (tertiary/aromatic N) is 1. The molecule has 1 aromatic heterocycles. The minimum atomic E-state index is -0.323. The van der Waals surface area contributed by atoms with Gasteiger partial charge in [0.25, 0.3) is 5.91 Å². The molecule has 0 saturated carbocycles. The Balaban J connectivity index is 1.69. The van der Waals surface area contributed by atoms with Gasteiger partial charge in [-0.15, -0.1) is 0 Å². The smallest absolute Gasteiger partial charge is 0.252 e. The lowest BCUT2D eigenvalue weighted by Gasteiger charge is -2.05. The molecule has 1 aromatic carbocycles. The summed E-state index contributed by atoms with van der Waals surface area (Å²) in [7, 11) is 0. The van der Waals surface area contributed by atoms with Crippen LogP contribution in [0, 0.1) is 5.82 Å². The molecule has 6 heteroatoms. The number of halogens is 1. The van der Waals surface area contributed by atoms with Gasteiger partial charge < -0.3 is 10.6 Å². The van der Waals surface area contributed by atoms with Crippen LogP contribution >= 0.6 is 0 Å². The van der Waals surface area contributed by atoms with Gasteiger partial charge in [0.05, 0.1) is 5.56 Å². The maximum Gasteiger partial charge on any atom is 0.252 e. The standard InChI is InChI=1S/C17H16FN3O2/c18-15-6-3-13(4-7-15)5-8-16(22)20-10-11-21-17(23)14-2-1-9-19-12-14/h1-9,12H,10-11H2,(H,20,22)(H,21,23)/b8-5+. The number of carbonyl (C=O) groups excluding carboxylic acids is 2.